The van der Waals surface area contributed by atoms with Crippen LogP contribution in [0.4, 0.5) is 0 Å². The van der Waals surface area contributed by atoms with Crippen molar-refractivity contribution in [3.05, 3.63) is 40.0 Å². The lowest BCUT2D eigenvalue weighted by Crippen LogP contribution is -2.23. The van der Waals surface area contributed by atoms with Crippen LogP contribution < -0.4 is 4.72 Å². The van der Waals surface area contributed by atoms with E-state index in [1.54, 1.807) is 24.3 Å². The van der Waals surface area contributed by atoms with Crippen molar-refractivity contribution >= 4 is 32.6 Å². The number of rotatable bonds is 4. The van der Waals surface area contributed by atoms with Gasteiger partial charge >= 0.3 is 0 Å². The summed E-state index contributed by atoms with van der Waals surface area (Å²) in [5, 5.41) is 6.22. The van der Waals surface area contributed by atoms with Gasteiger partial charge in [0, 0.05) is 3.57 Å². The second-order valence-corrected chi connectivity index (χ2v) is 6.22. The number of sulfonamides is 1. The topological polar surface area (TPSA) is 87.7 Å². The fourth-order valence-corrected chi connectivity index (χ4v) is 2.52. The molecule has 2 aromatic rings. The zero-order valence-electron chi connectivity index (χ0n) is 8.59. The van der Waals surface area contributed by atoms with E-state index >= 15 is 0 Å². The molecule has 0 radical (unpaired) electrons. The molecule has 2 N–H and O–H groups in total. The van der Waals surface area contributed by atoms with Gasteiger partial charge in [-0.25, -0.2) is 18.1 Å². The molecule has 1 heterocycles. The van der Waals surface area contributed by atoms with E-state index in [4.69, 9.17) is 0 Å². The predicted molar refractivity (Wildman–Crippen MR) is 69.6 cm³/mol. The molecule has 0 spiro atoms. The Kier molecular flexibility index (Phi) is 3.74. The summed E-state index contributed by atoms with van der Waals surface area (Å²) in [4.78, 5) is 4.07. The van der Waals surface area contributed by atoms with E-state index in [1.807, 2.05) is 0 Å². The number of aromatic nitrogens is 3. The van der Waals surface area contributed by atoms with Crippen molar-refractivity contribution in [2.45, 2.75) is 11.4 Å². The van der Waals surface area contributed by atoms with E-state index in [2.05, 4.69) is 42.5 Å². The molecular weight excluding hydrogens is 355 g/mol. The van der Waals surface area contributed by atoms with Crippen LogP contribution in [0.3, 0.4) is 0 Å². The minimum absolute atomic E-state index is 0.0916. The molecule has 0 bridgehead atoms. The maximum absolute atomic E-state index is 11.9. The second-order valence-electron chi connectivity index (χ2n) is 3.21. The van der Waals surface area contributed by atoms with E-state index < -0.39 is 10.0 Å². The van der Waals surface area contributed by atoms with Gasteiger partial charge in [0.15, 0.2) is 0 Å². The molecule has 0 aliphatic rings. The zero-order chi connectivity index (χ0) is 12.3. The normalized spacial score (nSPS) is 11.6. The van der Waals surface area contributed by atoms with Crippen molar-refractivity contribution in [2.75, 3.05) is 0 Å². The maximum Gasteiger partial charge on any atom is 0.240 e. The average molecular weight is 364 g/mol. The van der Waals surface area contributed by atoms with Gasteiger partial charge in [-0.15, -0.1) is 0 Å². The highest BCUT2D eigenvalue weighted by Crippen LogP contribution is 2.11. The summed E-state index contributed by atoms with van der Waals surface area (Å²) in [6, 6.07) is 6.60. The van der Waals surface area contributed by atoms with E-state index in [1.165, 1.54) is 6.33 Å². The number of nitrogens with zero attached hydrogens (tertiary/aromatic N) is 2. The lowest BCUT2D eigenvalue weighted by Gasteiger charge is -2.04. The number of halogens is 1. The summed E-state index contributed by atoms with van der Waals surface area (Å²) in [5.74, 6) is 0.471. The minimum Gasteiger partial charge on any atom is -0.262 e. The van der Waals surface area contributed by atoms with Gasteiger partial charge in [-0.05, 0) is 46.9 Å². The van der Waals surface area contributed by atoms with Crippen LogP contribution in [-0.2, 0) is 16.6 Å². The van der Waals surface area contributed by atoms with Gasteiger partial charge in [-0.1, -0.05) is 0 Å². The first-order chi connectivity index (χ1) is 8.08. The van der Waals surface area contributed by atoms with Gasteiger partial charge in [0.25, 0.3) is 0 Å². The molecule has 0 aliphatic carbocycles. The molecule has 1 aromatic heterocycles. The Morgan fingerprint density at radius 3 is 2.59 bits per heavy atom. The summed E-state index contributed by atoms with van der Waals surface area (Å²) in [7, 11) is -3.49. The smallest absolute Gasteiger partial charge is 0.240 e. The van der Waals surface area contributed by atoms with Crippen molar-refractivity contribution in [1.82, 2.24) is 19.9 Å². The molecule has 0 atom stereocenters. The molecule has 6 nitrogen and oxygen atoms in total. The summed E-state index contributed by atoms with van der Waals surface area (Å²) in [6.07, 6.45) is 1.33. The van der Waals surface area contributed by atoms with Crippen molar-refractivity contribution in [3.8, 4) is 0 Å². The summed E-state index contributed by atoms with van der Waals surface area (Å²) in [5.41, 5.74) is 0. The molecule has 1 aromatic carbocycles. The summed E-state index contributed by atoms with van der Waals surface area (Å²) >= 11 is 2.12. The standard InChI is InChI=1S/C9H9IN4O2S/c10-7-1-3-8(4-2-7)17(15,16)13-5-9-11-6-12-14-9/h1-4,6,13H,5H2,(H,11,12,14). The van der Waals surface area contributed by atoms with E-state index in [-0.39, 0.29) is 11.4 Å². The number of nitrogens with one attached hydrogen (secondary N) is 2. The molecule has 0 fully saturated rings. The molecule has 0 saturated carbocycles. The van der Waals surface area contributed by atoms with Gasteiger partial charge in [0.1, 0.15) is 12.2 Å². The quantitative estimate of drug-likeness (QED) is 0.789. The highest BCUT2D eigenvalue weighted by molar-refractivity contribution is 14.1. The highest BCUT2D eigenvalue weighted by Gasteiger charge is 2.13. The molecule has 17 heavy (non-hydrogen) atoms. The van der Waals surface area contributed by atoms with Crippen LogP contribution in [0.5, 0.6) is 0 Å². The van der Waals surface area contributed by atoms with Gasteiger partial charge in [-0.3, -0.25) is 5.10 Å². The van der Waals surface area contributed by atoms with Gasteiger partial charge in [-0.2, -0.15) is 5.10 Å². The fourth-order valence-electron chi connectivity index (χ4n) is 1.18. The molecule has 0 saturated heterocycles. The molecule has 0 amide bonds. The van der Waals surface area contributed by atoms with Gasteiger partial charge < -0.3 is 0 Å². The third-order valence-corrected chi connectivity index (χ3v) is 4.15. The second kappa shape index (κ2) is 5.10. The highest BCUT2D eigenvalue weighted by atomic mass is 127. The first kappa shape index (κ1) is 12.5. The number of hydrogen-bond acceptors (Lipinski definition) is 4. The fraction of sp³-hybridized carbons (Fsp3) is 0.111. The third-order valence-electron chi connectivity index (χ3n) is 2.02. The predicted octanol–water partition coefficient (Wildman–Crippen LogP) is 0.888. The van der Waals surface area contributed by atoms with E-state index in [0.717, 1.165) is 3.57 Å². The third kappa shape index (κ3) is 3.23. The van der Waals surface area contributed by atoms with Crippen LogP contribution in [0.25, 0.3) is 0 Å². The van der Waals surface area contributed by atoms with Crippen LogP contribution in [0.15, 0.2) is 35.5 Å². The molecule has 2 rings (SSSR count). The van der Waals surface area contributed by atoms with Crippen LogP contribution >= 0.6 is 22.6 Å². The van der Waals surface area contributed by atoms with Crippen molar-refractivity contribution in [2.24, 2.45) is 0 Å². The van der Waals surface area contributed by atoms with E-state index in [0.29, 0.717) is 5.82 Å². The summed E-state index contributed by atoms with van der Waals surface area (Å²) in [6.45, 7) is 0.0916. The van der Waals surface area contributed by atoms with Crippen molar-refractivity contribution < 1.29 is 8.42 Å². The van der Waals surface area contributed by atoms with Crippen LogP contribution in [-0.4, -0.2) is 23.6 Å². The number of aromatic amines is 1. The number of benzene rings is 1. The Hall–Kier alpha value is -1.000. The van der Waals surface area contributed by atoms with Crippen molar-refractivity contribution in [1.29, 1.82) is 0 Å². The SMILES string of the molecule is O=S(=O)(NCc1ncn[nH]1)c1ccc(I)cc1. The van der Waals surface area contributed by atoms with Crippen molar-refractivity contribution in [3.63, 3.8) is 0 Å². The molecule has 8 heteroatoms. The Labute approximate surface area is 112 Å². The number of H-pyrrole nitrogens is 1. The van der Waals surface area contributed by atoms with Gasteiger partial charge in [0.05, 0.1) is 11.4 Å². The molecule has 0 unspecified atom stereocenters. The maximum atomic E-state index is 11.9. The molecule has 0 aliphatic heterocycles. The average Bonchev–Trinajstić information content (AvgIpc) is 2.80. The lowest BCUT2D eigenvalue weighted by atomic mass is 10.4. The number of hydrogen-bond donors (Lipinski definition) is 2. The first-order valence-electron chi connectivity index (χ1n) is 4.67. The molecule has 90 valence electrons. The Morgan fingerprint density at radius 1 is 1.29 bits per heavy atom. The van der Waals surface area contributed by atoms with Crippen LogP contribution in [0, 0.1) is 3.57 Å². The van der Waals surface area contributed by atoms with E-state index in [9.17, 15) is 8.42 Å². The monoisotopic (exact) mass is 364 g/mol. The Morgan fingerprint density at radius 2 is 2.00 bits per heavy atom. The molecular formula is C9H9IN4O2S. The Balaban J connectivity index is 2.11. The van der Waals surface area contributed by atoms with Gasteiger partial charge in [0.2, 0.25) is 10.0 Å². The minimum atomic E-state index is -3.49. The largest absolute Gasteiger partial charge is 0.262 e. The zero-order valence-corrected chi connectivity index (χ0v) is 11.6. The van der Waals surface area contributed by atoms with Crippen LogP contribution in [0.1, 0.15) is 5.82 Å². The lowest BCUT2D eigenvalue weighted by molar-refractivity contribution is 0.579. The first-order valence-corrected chi connectivity index (χ1v) is 7.23. The van der Waals surface area contributed by atoms with Crippen LogP contribution in [0.2, 0.25) is 0 Å². The summed E-state index contributed by atoms with van der Waals surface area (Å²) < 4.78 is 27.1. The Bertz CT molecular complexity index is 580.